The van der Waals surface area contributed by atoms with E-state index in [0.717, 1.165) is 55.8 Å². The van der Waals surface area contributed by atoms with Gasteiger partial charge in [-0.1, -0.05) is 12.1 Å². The Morgan fingerprint density at radius 1 is 1.12 bits per heavy atom. The summed E-state index contributed by atoms with van der Waals surface area (Å²) in [5.74, 6) is 1.53. The van der Waals surface area contributed by atoms with E-state index in [1.54, 1.807) is 30.3 Å². The van der Waals surface area contributed by atoms with Crippen molar-refractivity contribution < 1.29 is 14.2 Å². The first-order chi connectivity index (χ1) is 12.1. The number of nitrogens with zero attached hydrogens (tertiary/aromatic N) is 1. The second-order valence-electron chi connectivity index (χ2n) is 6.93. The summed E-state index contributed by atoms with van der Waals surface area (Å²) in [5.41, 5.74) is 1.82. The first-order valence-electron chi connectivity index (χ1n) is 8.99. The van der Waals surface area contributed by atoms with Crippen LogP contribution in [0.5, 0.6) is 11.5 Å². The number of hydrogen-bond donors (Lipinski definition) is 1. The highest BCUT2D eigenvalue weighted by molar-refractivity contribution is 5.30. The maximum atomic E-state index is 14.0. The highest BCUT2D eigenvalue weighted by Gasteiger charge is 2.20. The lowest BCUT2D eigenvalue weighted by Gasteiger charge is -2.32. The van der Waals surface area contributed by atoms with Gasteiger partial charge in [0.15, 0.2) is 0 Å². The molecule has 0 atom stereocenters. The van der Waals surface area contributed by atoms with Crippen LogP contribution in [0, 0.1) is 18.7 Å². The molecule has 1 heterocycles. The number of aromatic hydroxyl groups is 1. The van der Waals surface area contributed by atoms with E-state index < -0.39 is 0 Å². The van der Waals surface area contributed by atoms with Gasteiger partial charge in [0.2, 0.25) is 0 Å². The zero-order valence-electron chi connectivity index (χ0n) is 14.7. The lowest BCUT2D eigenvalue weighted by Crippen LogP contribution is -2.37. The topological polar surface area (TPSA) is 32.7 Å². The fraction of sp³-hybridized carbons (Fsp3) is 0.429. The molecule has 2 aromatic rings. The lowest BCUT2D eigenvalue weighted by molar-refractivity contribution is 0.154. The van der Waals surface area contributed by atoms with Crippen molar-refractivity contribution in [3.05, 3.63) is 59.4 Å². The Bertz CT molecular complexity index is 679. The molecule has 1 aliphatic rings. The van der Waals surface area contributed by atoms with Gasteiger partial charge < -0.3 is 9.84 Å². The maximum absolute atomic E-state index is 14.0. The van der Waals surface area contributed by atoms with Crippen LogP contribution in [0.2, 0.25) is 0 Å². The molecule has 0 saturated carbocycles. The molecule has 3 nitrogen and oxygen atoms in total. The van der Waals surface area contributed by atoms with Crippen LogP contribution in [0.3, 0.4) is 0 Å². The minimum Gasteiger partial charge on any atom is -0.508 e. The molecule has 3 rings (SSSR count). The van der Waals surface area contributed by atoms with E-state index in [0.29, 0.717) is 12.5 Å². The summed E-state index contributed by atoms with van der Waals surface area (Å²) in [4.78, 5) is 2.41. The average Bonchev–Trinajstić information content (AvgIpc) is 2.61. The Labute approximate surface area is 149 Å². The predicted octanol–water partition coefficient (Wildman–Crippen LogP) is 4.17. The molecule has 1 aliphatic heterocycles. The number of piperidine rings is 1. The number of hydrogen-bond acceptors (Lipinski definition) is 3. The number of aryl methyl sites for hydroxylation is 1. The van der Waals surface area contributed by atoms with Crippen molar-refractivity contribution in [2.24, 2.45) is 5.92 Å². The molecule has 25 heavy (non-hydrogen) atoms. The SMILES string of the molecule is Cc1ccc(CC2CCN(CCOc3ccc(O)cc3)CC2)c(F)c1. The standard InChI is InChI=1S/C21H26FNO2/c1-16-2-3-18(21(22)14-16)15-17-8-10-23(11-9-17)12-13-25-20-6-4-19(24)5-7-20/h2-7,14,17,24H,8-13,15H2,1H3. The van der Waals surface area contributed by atoms with Crippen molar-refractivity contribution >= 4 is 0 Å². The molecule has 0 amide bonds. The number of likely N-dealkylation sites (tertiary alicyclic amines) is 1. The van der Waals surface area contributed by atoms with Gasteiger partial charge in [0.25, 0.3) is 0 Å². The molecule has 0 radical (unpaired) electrons. The third-order valence-corrected chi connectivity index (χ3v) is 4.94. The van der Waals surface area contributed by atoms with Gasteiger partial charge in [-0.3, -0.25) is 4.90 Å². The Balaban J connectivity index is 1.39. The molecule has 1 saturated heterocycles. The zero-order valence-corrected chi connectivity index (χ0v) is 14.7. The number of rotatable bonds is 6. The molecule has 0 bridgehead atoms. The third kappa shape index (κ3) is 5.20. The van der Waals surface area contributed by atoms with Crippen molar-refractivity contribution in [2.75, 3.05) is 26.2 Å². The molecule has 0 unspecified atom stereocenters. The van der Waals surface area contributed by atoms with Crippen molar-refractivity contribution in [1.29, 1.82) is 0 Å². The van der Waals surface area contributed by atoms with E-state index in [2.05, 4.69) is 4.90 Å². The van der Waals surface area contributed by atoms with Crippen molar-refractivity contribution in [3.63, 3.8) is 0 Å². The Morgan fingerprint density at radius 3 is 2.52 bits per heavy atom. The predicted molar refractivity (Wildman–Crippen MR) is 97.6 cm³/mol. The lowest BCUT2D eigenvalue weighted by atomic mass is 9.89. The molecule has 1 fully saturated rings. The largest absolute Gasteiger partial charge is 0.508 e. The van der Waals surface area contributed by atoms with Gasteiger partial charge in [-0.2, -0.15) is 0 Å². The van der Waals surface area contributed by atoms with Gasteiger partial charge in [-0.25, -0.2) is 4.39 Å². The van der Waals surface area contributed by atoms with E-state index in [1.807, 2.05) is 19.1 Å². The minimum absolute atomic E-state index is 0.0651. The number of halogens is 1. The van der Waals surface area contributed by atoms with Gasteiger partial charge >= 0.3 is 0 Å². The van der Waals surface area contributed by atoms with Crippen LogP contribution in [0.4, 0.5) is 4.39 Å². The molecule has 0 spiro atoms. The van der Waals surface area contributed by atoms with E-state index >= 15 is 0 Å². The van der Waals surface area contributed by atoms with Crippen molar-refractivity contribution in [1.82, 2.24) is 4.90 Å². The molecule has 1 N–H and O–H groups in total. The molecule has 134 valence electrons. The Kier molecular flexibility index (Phi) is 5.92. The zero-order chi connectivity index (χ0) is 17.6. The van der Waals surface area contributed by atoms with E-state index in [-0.39, 0.29) is 11.6 Å². The van der Waals surface area contributed by atoms with E-state index in [1.165, 1.54) is 0 Å². The summed E-state index contributed by atoms with van der Waals surface area (Å²) in [7, 11) is 0. The third-order valence-electron chi connectivity index (χ3n) is 4.94. The van der Waals surface area contributed by atoms with Gasteiger partial charge in [-0.15, -0.1) is 0 Å². The maximum Gasteiger partial charge on any atom is 0.126 e. The average molecular weight is 343 g/mol. The number of phenolic OH excluding ortho intramolecular Hbond substituents is 1. The second kappa shape index (κ2) is 8.34. The smallest absolute Gasteiger partial charge is 0.126 e. The molecular weight excluding hydrogens is 317 g/mol. The highest BCUT2D eigenvalue weighted by Crippen LogP contribution is 2.23. The molecule has 2 aromatic carbocycles. The van der Waals surface area contributed by atoms with Gasteiger partial charge in [0.05, 0.1) is 0 Å². The fourth-order valence-corrected chi connectivity index (χ4v) is 3.38. The Morgan fingerprint density at radius 2 is 1.84 bits per heavy atom. The summed E-state index contributed by atoms with van der Waals surface area (Å²) in [6, 6.07) is 12.4. The van der Waals surface area contributed by atoms with Crippen molar-refractivity contribution in [3.8, 4) is 11.5 Å². The first-order valence-corrected chi connectivity index (χ1v) is 8.99. The van der Waals surface area contributed by atoms with Gasteiger partial charge in [0.1, 0.15) is 23.9 Å². The van der Waals surface area contributed by atoms with Crippen molar-refractivity contribution in [2.45, 2.75) is 26.2 Å². The monoisotopic (exact) mass is 343 g/mol. The fourth-order valence-electron chi connectivity index (χ4n) is 3.38. The quantitative estimate of drug-likeness (QED) is 0.854. The van der Waals surface area contributed by atoms with Crippen LogP contribution in [-0.2, 0) is 6.42 Å². The van der Waals surface area contributed by atoms with Crippen LogP contribution in [0.1, 0.15) is 24.0 Å². The minimum atomic E-state index is -0.0651. The molecule has 0 aliphatic carbocycles. The summed E-state index contributed by atoms with van der Waals surface area (Å²) < 4.78 is 19.7. The number of ether oxygens (including phenoxy) is 1. The van der Waals surface area contributed by atoms with Gasteiger partial charge in [-0.05, 0) is 86.7 Å². The molecule has 0 aromatic heterocycles. The number of phenols is 1. The van der Waals surface area contributed by atoms with Crippen LogP contribution in [0.25, 0.3) is 0 Å². The van der Waals surface area contributed by atoms with Crippen LogP contribution >= 0.6 is 0 Å². The van der Waals surface area contributed by atoms with Crippen LogP contribution < -0.4 is 4.74 Å². The van der Waals surface area contributed by atoms with E-state index in [9.17, 15) is 9.50 Å². The van der Waals surface area contributed by atoms with Crippen LogP contribution in [-0.4, -0.2) is 36.2 Å². The second-order valence-corrected chi connectivity index (χ2v) is 6.93. The first kappa shape index (κ1) is 17.7. The highest BCUT2D eigenvalue weighted by atomic mass is 19.1. The summed E-state index contributed by atoms with van der Waals surface area (Å²) in [5, 5.41) is 9.26. The molecule has 4 heteroatoms. The molecular formula is C21H26FNO2. The summed E-state index contributed by atoms with van der Waals surface area (Å²) >= 11 is 0. The normalized spacial score (nSPS) is 16.1. The van der Waals surface area contributed by atoms with Crippen LogP contribution in [0.15, 0.2) is 42.5 Å². The summed E-state index contributed by atoms with van der Waals surface area (Å²) in [6.07, 6.45) is 3.04. The van der Waals surface area contributed by atoms with Gasteiger partial charge in [0, 0.05) is 6.54 Å². The Hall–Kier alpha value is -2.07. The summed E-state index contributed by atoms with van der Waals surface area (Å²) in [6.45, 7) is 5.54. The van der Waals surface area contributed by atoms with E-state index in [4.69, 9.17) is 4.74 Å². The number of benzene rings is 2.